The van der Waals surface area contributed by atoms with Crippen molar-refractivity contribution < 1.29 is 14.3 Å². The number of methoxy groups -OCH3 is 1. The fraction of sp³-hybridized carbons (Fsp3) is 0.0588. The number of carbonyl (C=O) groups is 2. The van der Waals surface area contributed by atoms with Crippen molar-refractivity contribution in [2.75, 3.05) is 12.5 Å². The molecule has 0 aliphatic heterocycles. The van der Waals surface area contributed by atoms with E-state index in [0.29, 0.717) is 21.3 Å². The molecule has 0 amide bonds. The number of ether oxygens (including phenoxy) is 1. The number of Topliss-reactive ketones (excluding diaryl/α,β-unsaturated/α-hetero) is 1. The molecule has 0 spiro atoms. The van der Waals surface area contributed by atoms with Gasteiger partial charge in [-0.3, -0.25) is 10.2 Å². The molecule has 0 fully saturated rings. The zero-order valence-electron chi connectivity index (χ0n) is 12.9. The van der Waals surface area contributed by atoms with Gasteiger partial charge in [0.2, 0.25) is 11.5 Å². The van der Waals surface area contributed by atoms with Gasteiger partial charge >= 0.3 is 5.97 Å². The van der Waals surface area contributed by atoms with Crippen molar-refractivity contribution in [3.05, 3.63) is 63.6 Å². The van der Waals surface area contributed by atoms with E-state index in [1.807, 2.05) is 0 Å². The molecule has 0 heterocycles. The predicted octanol–water partition coefficient (Wildman–Crippen LogP) is 3.95. The maximum absolute atomic E-state index is 12.3. The monoisotopic (exact) mass is 375 g/mol. The van der Waals surface area contributed by atoms with Gasteiger partial charge in [-0.1, -0.05) is 35.3 Å². The Labute approximate surface area is 153 Å². The van der Waals surface area contributed by atoms with Gasteiger partial charge in [-0.2, -0.15) is 10.4 Å². The van der Waals surface area contributed by atoms with Gasteiger partial charge < -0.3 is 4.74 Å². The third kappa shape index (κ3) is 4.80. The van der Waals surface area contributed by atoms with Crippen LogP contribution in [0.4, 0.5) is 5.69 Å². The number of nitriles is 1. The van der Waals surface area contributed by atoms with Crippen molar-refractivity contribution in [1.82, 2.24) is 0 Å². The van der Waals surface area contributed by atoms with Gasteiger partial charge in [-0.05, 0) is 30.3 Å². The minimum Gasteiger partial charge on any atom is -0.465 e. The summed E-state index contributed by atoms with van der Waals surface area (Å²) in [4.78, 5) is 23.7. The Balaban J connectivity index is 2.20. The largest absolute Gasteiger partial charge is 0.465 e. The molecule has 0 aliphatic carbocycles. The first-order chi connectivity index (χ1) is 11.9. The fourth-order valence-electron chi connectivity index (χ4n) is 1.88. The normalized spacial score (nSPS) is 10.7. The third-order valence-corrected chi connectivity index (χ3v) is 3.48. The lowest BCUT2D eigenvalue weighted by atomic mass is 10.1. The maximum atomic E-state index is 12.3. The molecule has 2 aromatic carbocycles. The molecule has 0 aliphatic rings. The van der Waals surface area contributed by atoms with Crippen LogP contribution in [0.5, 0.6) is 0 Å². The number of hydrazone groups is 1. The van der Waals surface area contributed by atoms with Gasteiger partial charge in [-0.15, -0.1) is 0 Å². The van der Waals surface area contributed by atoms with Gasteiger partial charge in [-0.25, -0.2) is 4.79 Å². The quantitative estimate of drug-likeness (QED) is 0.369. The van der Waals surface area contributed by atoms with Crippen molar-refractivity contribution >= 4 is 46.4 Å². The molecule has 0 unspecified atom stereocenters. The van der Waals surface area contributed by atoms with E-state index in [-0.39, 0.29) is 11.3 Å². The maximum Gasteiger partial charge on any atom is 0.337 e. The van der Waals surface area contributed by atoms with Crippen LogP contribution >= 0.6 is 23.2 Å². The van der Waals surface area contributed by atoms with Gasteiger partial charge in [0.1, 0.15) is 6.07 Å². The molecule has 126 valence electrons. The number of rotatable bonds is 5. The van der Waals surface area contributed by atoms with Crippen molar-refractivity contribution in [2.24, 2.45) is 5.10 Å². The Bertz CT molecular complexity index is 867. The van der Waals surface area contributed by atoms with E-state index in [1.54, 1.807) is 18.2 Å². The van der Waals surface area contributed by atoms with E-state index >= 15 is 0 Å². The van der Waals surface area contributed by atoms with E-state index < -0.39 is 11.8 Å². The Kier molecular flexibility index (Phi) is 6.12. The van der Waals surface area contributed by atoms with Crippen LogP contribution in [0.25, 0.3) is 0 Å². The SMILES string of the molecule is COC(=O)c1ccc(C(=O)/C(C#N)=N/Nc2cc(Cl)cc(Cl)c2)cc1. The van der Waals surface area contributed by atoms with Crippen LogP contribution in [0.2, 0.25) is 10.0 Å². The number of anilines is 1. The molecule has 0 bridgehead atoms. The highest BCUT2D eigenvalue weighted by Gasteiger charge is 2.15. The van der Waals surface area contributed by atoms with Gasteiger partial charge in [0.15, 0.2) is 0 Å². The highest BCUT2D eigenvalue weighted by molar-refractivity contribution is 6.51. The molecule has 1 N–H and O–H groups in total. The van der Waals surface area contributed by atoms with Crippen LogP contribution in [-0.4, -0.2) is 24.6 Å². The summed E-state index contributed by atoms with van der Waals surface area (Å²) in [5.41, 5.74) is 3.14. The number of hydrogen-bond acceptors (Lipinski definition) is 6. The summed E-state index contributed by atoms with van der Waals surface area (Å²) in [6, 6.07) is 12.0. The molecule has 0 saturated heterocycles. The highest BCUT2D eigenvalue weighted by atomic mass is 35.5. The molecule has 6 nitrogen and oxygen atoms in total. The number of carbonyl (C=O) groups excluding carboxylic acids is 2. The number of benzene rings is 2. The lowest BCUT2D eigenvalue weighted by Gasteiger charge is -2.04. The standard InChI is InChI=1S/C17H11Cl2N3O3/c1-25-17(24)11-4-2-10(3-5-11)16(23)15(9-20)22-21-14-7-12(18)6-13(19)8-14/h2-8,21H,1H3/b22-15+. The van der Waals surface area contributed by atoms with E-state index in [0.717, 1.165) is 0 Å². The lowest BCUT2D eigenvalue weighted by Crippen LogP contribution is -2.14. The zero-order valence-corrected chi connectivity index (χ0v) is 14.4. The summed E-state index contributed by atoms with van der Waals surface area (Å²) in [6.45, 7) is 0. The summed E-state index contributed by atoms with van der Waals surface area (Å²) in [6.07, 6.45) is 0. The van der Waals surface area contributed by atoms with Crippen molar-refractivity contribution in [3.63, 3.8) is 0 Å². The van der Waals surface area contributed by atoms with Gasteiger partial charge in [0.05, 0.1) is 18.4 Å². The van der Waals surface area contributed by atoms with Crippen molar-refractivity contribution in [3.8, 4) is 6.07 Å². The molecular weight excluding hydrogens is 365 g/mol. The number of esters is 1. The summed E-state index contributed by atoms with van der Waals surface area (Å²) in [5.74, 6) is -1.12. The topological polar surface area (TPSA) is 91.5 Å². The van der Waals surface area contributed by atoms with Crippen LogP contribution in [-0.2, 0) is 4.74 Å². The first-order valence-corrected chi connectivity index (χ1v) is 7.63. The number of nitrogens with zero attached hydrogens (tertiary/aromatic N) is 2. The Hall–Kier alpha value is -2.88. The zero-order chi connectivity index (χ0) is 18.4. The molecule has 0 atom stereocenters. The van der Waals surface area contributed by atoms with Crippen LogP contribution in [0.15, 0.2) is 47.6 Å². The highest BCUT2D eigenvalue weighted by Crippen LogP contribution is 2.22. The van der Waals surface area contributed by atoms with Crippen LogP contribution in [0.1, 0.15) is 20.7 Å². The van der Waals surface area contributed by atoms with Crippen molar-refractivity contribution in [1.29, 1.82) is 5.26 Å². The first kappa shape index (κ1) is 18.5. The second-order valence-corrected chi connectivity index (χ2v) is 5.61. The van der Waals surface area contributed by atoms with Gasteiger partial charge in [0, 0.05) is 15.6 Å². The molecular formula is C17H11Cl2N3O3. The fourth-order valence-corrected chi connectivity index (χ4v) is 2.40. The predicted molar refractivity (Wildman–Crippen MR) is 95.2 cm³/mol. The Morgan fingerprint density at radius 1 is 1.08 bits per heavy atom. The summed E-state index contributed by atoms with van der Waals surface area (Å²) < 4.78 is 4.58. The minimum absolute atomic E-state index is 0.207. The van der Waals surface area contributed by atoms with Crippen LogP contribution in [0, 0.1) is 11.3 Å². The molecule has 2 rings (SSSR count). The molecule has 0 saturated carbocycles. The number of halogens is 2. The Morgan fingerprint density at radius 2 is 1.64 bits per heavy atom. The average Bonchev–Trinajstić information content (AvgIpc) is 2.60. The van der Waals surface area contributed by atoms with E-state index in [1.165, 1.54) is 37.4 Å². The smallest absolute Gasteiger partial charge is 0.337 e. The lowest BCUT2D eigenvalue weighted by molar-refractivity contribution is 0.0600. The average molecular weight is 376 g/mol. The number of nitrogens with one attached hydrogen (secondary N) is 1. The Morgan fingerprint density at radius 3 is 2.16 bits per heavy atom. The third-order valence-electron chi connectivity index (χ3n) is 3.05. The van der Waals surface area contributed by atoms with Gasteiger partial charge in [0.25, 0.3) is 0 Å². The number of ketones is 1. The summed E-state index contributed by atoms with van der Waals surface area (Å²) >= 11 is 11.7. The van der Waals surface area contributed by atoms with Crippen LogP contribution < -0.4 is 5.43 Å². The van der Waals surface area contributed by atoms with E-state index in [9.17, 15) is 9.59 Å². The molecule has 25 heavy (non-hydrogen) atoms. The molecule has 0 aromatic heterocycles. The van der Waals surface area contributed by atoms with E-state index in [2.05, 4.69) is 15.3 Å². The van der Waals surface area contributed by atoms with Crippen molar-refractivity contribution in [2.45, 2.75) is 0 Å². The first-order valence-electron chi connectivity index (χ1n) is 6.87. The summed E-state index contributed by atoms with van der Waals surface area (Å²) in [5, 5.41) is 13.7. The molecule has 0 radical (unpaired) electrons. The number of hydrogen-bond donors (Lipinski definition) is 1. The molecule has 8 heteroatoms. The van der Waals surface area contributed by atoms with Crippen LogP contribution in [0.3, 0.4) is 0 Å². The minimum atomic E-state index is -0.598. The van der Waals surface area contributed by atoms with E-state index in [4.69, 9.17) is 28.5 Å². The second-order valence-electron chi connectivity index (χ2n) is 4.74. The summed E-state index contributed by atoms with van der Waals surface area (Å²) in [7, 11) is 1.26. The second kappa shape index (κ2) is 8.29. The molecule has 2 aromatic rings.